The summed E-state index contributed by atoms with van der Waals surface area (Å²) in [5.41, 5.74) is 0. The molecule has 0 fully saturated rings. The lowest BCUT2D eigenvalue weighted by atomic mass is 10.6. The highest BCUT2D eigenvalue weighted by Crippen LogP contribution is 2.11. The van der Waals surface area contributed by atoms with Crippen LogP contribution in [0.25, 0.3) is 0 Å². The zero-order valence-electron chi connectivity index (χ0n) is 5.66. The van der Waals surface area contributed by atoms with Crippen LogP contribution >= 0.6 is 22.2 Å². The van der Waals surface area contributed by atoms with Crippen LogP contribution in [-0.4, -0.2) is 18.8 Å². The predicted molar refractivity (Wildman–Crippen MR) is 46.5 cm³/mol. The van der Waals surface area contributed by atoms with E-state index in [1.54, 1.807) is 6.55 Å². The molecule has 0 bridgehead atoms. The average molecular weight is 198 g/mol. The van der Waals surface area contributed by atoms with E-state index in [1.807, 2.05) is 0 Å². The molecule has 0 saturated carbocycles. The molecule has 0 aliphatic carbocycles. The Bertz CT molecular complexity index is 143. The second-order valence-electron chi connectivity index (χ2n) is 1.99. The third kappa shape index (κ3) is 6.13. The van der Waals surface area contributed by atoms with Gasteiger partial charge in [-0.25, -0.2) is 0 Å². The third-order valence-corrected chi connectivity index (χ3v) is 2.36. The highest BCUT2D eigenvalue weighted by atomic mass is 35.7. The molecule has 0 aliphatic heterocycles. The van der Waals surface area contributed by atoms with E-state index in [2.05, 4.69) is 11.9 Å². The molecule has 0 rings (SSSR count). The smallest absolute Gasteiger partial charge is 0.266 e. The molecule has 10 heavy (non-hydrogen) atoms. The molecule has 0 heterocycles. The van der Waals surface area contributed by atoms with E-state index < -0.39 is 6.69 Å². The van der Waals surface area contributed by atoms with Crippen LogP contribution in [0.4, 0.5) is 0 Å². The minimum atomic E-state index is -2.17. The van der Waals surface area contributed by atoms with Crippen LogP contribution in [0.3, 0.4) is 0 Å². The number of carbonyl (C=O) groups excluding carboxylic acids is 1. The molecule has 1 N–H and O–H groups in total. The van der Waals surface area contributed by atoms with E-state index in [9.17, 15) is 4.79 Å². The summed E-state index contributed by atoms with van der Waals surface area (Å²) in [4.78, 5) is 10.5. The minimum absolute atomic E-state index is 0.236. The SMILES string of the molecule is C=CC(=O)NC[Si](C)(Cl)Cl. The van der Waals surface area contributed by atoms with Gasteiger partial charge in [-0.2, -0.15) is 0 Å². The summed E-state index contributed by atoms with van der Waals surface area (Å²) < 4.78 is 0. The first-order chi connectivity index (χ1) is 4.45. The van der Waals surface area contributed by atoms with Crippen LogP contribution in [0.1, 0.15) is 0 Å². The first-order valence-electron chi connectivity index (χ1n) is 2.74. The molecule has 0 unspecified atom stereocenters. The Labute approximate surface area is 70.6 Å². The van der Waals surface area contributed by atoms with Crippen molar-refractivity contribution in [2.24, 2.45) is 0 Å². The maximum atomic E-state index is 10.5. The van der Waals surface area contributed by atoms with Crippen molar-refractivity contribution in [1.29, 1.82) is 0 Å². The Morgan fingerprint density at radius 3 is 2.60 bits per heavy atom. The molecule has 0 aliphatic rings. The summed E-state index contributed by atoms with van der Waals surface area (Å²) in [5, 5.41) is 2.51. The van der Waals surface area contributed by atoms with Gasteiger partial charge in [-0.3, -0.25) is 4.79 Å². The van der Waals surface area contributed by atoms with Gasteiger partial charge in [0.2, 0.25) is 5.91 Å². The quantitative estimate of drug-likeness (QED) is 0.414. The van der Waals surface area contributed by atoms with Crippen molar-refractivity contribution >= 4 is 34.8 Å². The van der Waals surface area contributed by atoms with Gasteiger partial charge in [-0.1, -0.05) is 6.58 Å². The Kier molecular flexibility index (Phi) is 4.01. The van der Waals surface area contributed by atoms with Crippen molar-refractivity contribution in [3.63, 3.8) is 0 Å². The van der Waals surface area contributed by atoms with Gasteiger partial charge >= 0.3 is 0 Å². The second-order valence-corrected chi connectivity index (χ2v) is 10.1. The molecule has 0 atom stereocenters. The largest absolute Gasteiger partial charge is 0.353 e. The van der Waals surface area contributed by atoms with Gasteiger partial charge in [0.05, 0.1) is 0 Å². The van der Waals surface area contributed by atoms with Gasteiger partial charge in [0.25, 0.3) is 6.69 Å². The Morgan fingerprint density at radius 1 is 1.80 bits per heavy atom. The monoisotopic (exact) mass is 197 g/mol. The van der Waals surface area contributed by atoms with Gasteiger partial charge < -0.3 is 5.32 Å². The molecule has 58 valence electrons. The van der Waals surface area contributed by atoms with Crippen LogP contribution in [0.15, 0.2) is 12.7 Å². The Balaban J connectivity index is 3.55. The fourth-order valence-corrected chi connectivity index (χ4v) is 1.20. The topological polar surface area (TPSA) is 29.1 Å². The molecule has 0 aromatic rings. The lowest BCUT2D eigenvalue weighted by molar-refractivity contribution is -0.116. The highest BCUT2D eigenvalue weighted by Gasteiger charge is 2.20. The van der Waals surface area contributed by atoms with E-state index in [-0.39, 0.29) is 5.91 Å². The van der Waals surface area contributed by atoms with Gasteiger partial charge in [-0.15, -0.1) is 22.2 Å². The molecule has 5 heteroatoms. The summed E-state index contributed by atoms with van der Waals surface area (Å²) in [6, 6.07) is 0. The Hall–Kier alpha value is 0.00688. The molecule has 0 aromatic carbocycles. The van der Waals surface area contributed by atoms with E-state index in [4.69, 9.17) is 22.2 Å². The zero-order valence-corrected chi connectivity index (χ0v) is 8.17. The maximum Gasteiger partial charge on any atom is 0.266 e. The molecule has 0 spiro atoms. The van der Waals surface area contributed by atoms with Crippen molar-refractivity contribution in [2.45, 2.75) is 6.55 Å². The minimum Gasteiger partial charge on any atom is -0.353 e. The number of hydrogen-bond acceptors (Lipinski definition) is 1. The van der Waals surface area contributed by atoms with Crippen LogP contribution < -0.4 is 5.32 Å². The summed E-state index contributed by atoms with van der Waals surface area (Å²) >= 11 is 11.4. The van der Waals surface area contributed by atoms with Gasteiger partial charge in [0.1, 0.15) is 0 Å². The number of nitrogens with one attached hydrogen (secondary N) is 1. The van der Waals surface area contributed by atoms with E-state index in [1.165, 1.54) is 6.08 Å². The molecular formula is C5H9Cl2NOSi. The highest BCUT2D eigenvalue weighted by molar-refractivity contribution is 7.45. The summed E-state index contributed by atoms with van der Waals surface area (Å²) in [6.45, 7) is 2.84. The average Bonchev–Trinajstić information content (AvgIpc) is 1.81. The summed E-state index contributed by atoms with van der Waals surface area (Å²) in [7, 11) is 0. The van der Waals surface area contributed by atoms with E-state index in [0.29, 0.717) is 6.17 Å². The molecule has 0 radical (unpaired) electrons. The van der Waals surface area contributed by atoms with Gasteiger partial charge in [-0.05, 0) is 12.6 Å². The first-order valence-corrected chi connectivity index (χ1v) is 7.47. The number of rotatable bonds is 3. The molecule has 1 amide bonds. The number of hydrogen-bond donors (Lipinski definition) is 1. The summed E-state index contributed by atoms with van der Waals surface area (Å²) in [6.07, 6.45) is 1.55. The zero-order chi connectivity index (χ0) is 8.20. The van der Waals surface area contributed by atoms with E-state index >= 15 is 0 Å². The molecular weight excluding hydrogens is 189 g/mol. The normalized spacial score (nSPS) is 10.7. The van der Waals surface area contributed by atoms with Crippen LogP contribution in [0.5, 0.6) is 0 Å². The van der Waals surface area contributed by atoms with Crippen molar-refractivity contribution < 1.29 is 4.79 Å². The van der Waals surface area contributed by atoms with Gasteiger partial charge in [0.15, 0.2) is 0 Å². The summed E-state index contributed by atoms with van der Waals surface area (Å²) in [5.74, 6) is -0.236. The van der Waals surface area contributed by atoms with Crippen LogP contribution in [-0.2, 0) is 4.79 Å². The first kappa shape index (κ1) is 10.0. The molecule has 0 saturated heterocycles. The Morgan fingerprint density at radius 2 is 2.30 bits per heavy atom. The fourth-order valence-electron chi connectivity index (χ4n) is 0.314. The predicted octanol–water partition coefficient (Wildman–Crippen LogP) is 1.38. The standard InChI is InChI=1S/C5H9Cl2NOSi/c1-3-5(9)8-4-10(2,6)7/h3H,1,4H2,2H3,(H,8,9). The van der Waals surface area contributed by atoms with Crippen LogP contribution in [0.2, 0.25) is 6.55 Å². The van der Waals surface area contributed by atoms with Crippen molar-refractivity contribution in [3.05, 3.63) is 12.7 Å². The molecule has 0 aromatic heterocycles. The van der Waals surface area contributed by atoms with Crippen molar-refractivity contribution in [2.75, 3.05) is 6.17 Å². The number of halogens is 2. The lowest BCUT2D eigenvalue weighted by Gasteiger charge is -2.09. The number of carbonyl (C=O) groups is 1. The fraction of sp³-hybridized carbons (Fsp3) is 0.400. The van der Waals surface area contributed by atoms with E-state index in [0.717, 1.165) is 0 Å². The van der Waals surface area contributed by atoms with Crippen LogP contribution in [0, 0.1) is 0 Å². The van der Waals surface area contributed by atoms with Gasteiger partial charge in [0, 0.05) is 6.17 Å². The number of amides is 1. The third-order valence-electron chi connectivity index (χ3n) is 0.758. The maximum absolute atomic E-state index is 10.5. The lowest BCUT2D eigenvalue weighted by Crippen LogP contribution is -2.35. The molecule has 2 nitrogen and oxygen atoms in total. The van der Waals surface area contributed by atoms with Crippen molar-refractivity contribution in [3.8, 4) is 0 Å². The van der Waals surface area contributed by atoms with Crippen molar-refractivity contribution in [1.82, 2.24) is 5.32 Å². The second kappa shape index (κ2) is 4.01.